The van der Waals surface area contributed by atoms with Gasteiger partial charge in [-0.05, 0) is 47.4 Å². The number of nitrogens with two attached hydrogens (primary N) is 1. The predicted molar refractivity (Wildman–Crippen MR) is 103 cm³/mol. The second-order valence-corrected chi connectivity index (χ2v) is 6.60. The molecule has 0 aromatic heterocycles. The van der Waals surface area contributed by atoms with E-state index in [9.17, 15) is 5.11 Å². The van der Waals surface area contributed by atoms with Crippen LogP contribution >= 0.6 is 0 Å². The highest BCUT2D eigenvalue weighted by Crippen LogP contribution is 2.39. The van der Waals surface area contributed by atoms with Gasteiger partial charge in [-0.1, -0.05) is 60.2 Å². The van der Waals surface area contributed by atoms with Crippen molar-refractivity contribution < 1.29 is 9.84 Å². The fourth-order valence-corrected chi connectivity index (χ4v) is 3.36. The summed E-state index contributed by atoms with van der Waals surface area (Å²) in [6.45, 7) is 2.42. The Kier molecular flexibility index (Phi) is 3.88. The summed E-state index contributed by atoms with van der Waals surface area (Å²) in [4.78, 5) is 4.67. The first kappa shape index (κ1) is 16.2. The number of phenols is 1. The van der Waals surface area contributed by atoms with Crippen LogP contribution in [0.15, 0.2) is 77.8 Å². The molecule has 0 saturated heterocycles. The number of nitrogens with zero attached hydrogens (tertiary/aromatic N) is 1. The zero-order chi connectivity index (χ0) is 18.1. The van der Waals surface area contributed by atoms with E-state index in [2.05, 4.69) is 42.2 Å². The highest BCUT2D eigenvalue weighted by Gasteiger charge is 2.40. The molecule has 0 bridgehead atoms. The van der Waals surface area contributed by atoms with E-state index in [0.717, 1.165) is 22.3 Å². The SMILES string of the molecule is Cc1ccc(C2(c3cccc(-c4cccc(O)c4)c3)COC(N)=N2)cc1. The molecule has 4 rings (SSSR count). The third-order valence-electron chi connectivity index (χ3n) is 4.78. The summed E-state index contributed by atoms with van der Waals surface area (Å²) in [5, 5.41) is 9.79. The Hall–Kier alpha value is -3.27. The lowest BCUT2D eigenvalue weighted by Crippen LogP contribution is -2.27. The van der Waals surface area contributed by atoms with Crippen molar-refractivity contribution in [2.75, 3.05) is 6.61 Å². The van der Waals surface area contributed by atoms with Gasteiger partial charge in [-0.25, -0.2) is 4.99 Å². The lowest BCUT2D eigenvalue weighted by atomic mass is 9.83. The molecule has 1 aliphatic rings. The van der Waals surface area contributed by atoms with E-state index < -0.39 is 5.54 Å². The summed E-state index contributed by atoms with van der Waals surface area (Å²) in [6.07, 6.45) is 0. The molecule has 0 aliphatic carbocycles. The van der Waals surface area contributed by atoms with Gasteiger partial charge in [0, 0.05) is 0 Å². The number of aromatic hydroxyl groups is 1. The van der Waals surface area contributed by atoms with E-state index in [4.69, 9.17) is 10.5 Å². The van der Waals surface area contributed by atoms with Crippen molar-refractivity contribution in [3.05, 3.63) is 89.5 Å². The molecule has 0 amide bonds. The summed E-state index contributed by atoms with van der Waals surface area (Å²) in [5.74, 6) is 0.243. The number of phenolic OH excluding ortho intramolecular Hbond substituents is 1. The first-order chi connectivity index (χ1) is 12.6. The minimum atomic E-state index is -0.662. The van der Waals surface area contributed by atoms with Crippen LogP contribution in [0, 0.1) is 6.92 Å². The molecule has 0 saturated carbocycles. The van der Waals surface area contributed by atoms with E-state index >= 15 is 0 Å². The molecule has 4 nitrogen and oxygen atoms in total. The van der Waals surface area contributed by atoms with E-state index in [1.807, 2.05) is 30.3 Å². The molecule has 0 radical (unpaired) electrons. The molecule has 1 aliphatic heterocycles. The fourth-order valence-electron chi connectivity index (χ4n) is 3.36. The summed E-state index contributed by atoms with van der Waals surface area (Å²) in [5.41, 5.74) is 10.4. The van der Waals surface area contributed by atoms with Gasteiger partial charge in [0.1, 0.15) is 12.4 Å². The van der Waals surface area contributed by atoms with Gasteiger partial charge in [0.15, 0.2) is 5.54 Å². The molecule has 4 heteroatoms. The number of benzene rings is 3. The molecule has 3 aromatic rings. The van der Waals surface area contributed by atoms with Gasteiger partial charge < -0.3 is 15.6 Å². The fraction of sp³-hybridized carbons (Fsp3) is 0.136. The lowest BCUT2D eigenvalue weighted by Gasteiger charge is -2.26. The molecule has 1 heterocycles. The molecule has 3 N–H and O–H groups in total. The number of ether oxygens (including phenoxy) is 1. The van der Waals surface area contributed by atoms with Crippen LogP contribution in [0.25, 0.3) is 11.1 Å². The highest BCUT2D eigenvalue weighted by atomic mass is 16.5. The Balaban J connectivity index is 1.85. The van der Waals surface area contributed by atoms with E-state index in [-0.39, 0.29) is 11.8 Å². The van der Waals surface area contributed by atoms with Crippen molar-refractivity contribution in [1.29, 1.82) is 0 Å². The topological polar surface area (TPSA) is 67.8 Å². The first-order valence-corrected chi connectivity index (χ1v) is 8.52. The zero-order valence-electron chi connectivity index (χ0n) is 14.5. The van der Waals surface area contributed by atoms with Crippen LogP contribution in [-0.2, 0) is 10.3 Å². The largest absolute Gasteiger partial charge is 0.508 e. The van der Waals surface area contributed by atoms with Crippen molar-refractivity contribution in [2.45, 2.75) is 12.5 Å². The third-order valence-corrected chi connectivity index (χ3v) is 4.78. The molecule has 0 fully saturated rings. The second kappa shape index (κ2) is 6.23. The molecular weight excluding hydrogens is 324 g/mol. The lowest BCUT2D eigenvalue weighted by molar-refractivity contribution is 0.278. The van der Waals surface area contributed by atoms with Crippen LogP contribution < -0.4 is 5.73 Å². The Morgan fingerprint density at radius 1 is 0.923 bits per heavy atom. The van der Waals surface area contributed by atoms with Crippen LogP contribution in [0.3, 0.4) is 0 Å². The first-order valence-electron chi connectivity index (χ1n) is 8.52. The Labute approximate surface area is 152 Å². The van der Waals surface area contributed by atoms with Crippen LogP contribution in [-0.4, -0.2) is 17.7 Å². The summed E-state index contributed by atoms with van der Waals surface area (Å²) in [6, 6.07) is 23.8. The second-order valence-electron chi connectivity index (χ2n) is 6.60. The van der Waals surface area contributed by atoms with Gasteiger partial charge in [-0.2, -0.15) is 0 Å². The minimum absolute atomic E-state index is 0.202. The average Bonchev–Trinajstić information content (AvgIpc) is 3.05. The molecule has 1 unspecified atom stereocenters. The monoisotopic (exact) mass is 344 g/mol. The van der Waals surface area contributed by atoms with Crippen molar-refractivity contribution in [1.82, 2.24) is 0 Å². The van der Waals surface area contributed by atoms with Crippen molar-refractivity contribution >= 4 is 6.02 Å². The number of rotatable bonds is 3. The normalized spacial score (nSPS) is 19.0. The van der Waals surface area contributed by atoms with Crippen LogP contribution in [0.4, 0.5) is 0 Å². The Morgan fingerprint density at radius 2 is 1.62 bits per heavy atom. The van der Waals surface area contributed by atoms with Gasteiger partial charge in [-0.3, -0.25) is 0 Å². The minimum Gasteiger partial charge on any atom is -0.508 e. The van der Waals surface area contributed by atoms with Gasteiger partial charge >= 0.3 is 0 Å². The molecule has 130 valence electrons. The van der Waals surface area contributed by atoms with Crippen LogP contribution in [0.5, 0.6) is 5.75 Å². The van der Waals surface area contributed by atoms with Gasteiger partial charge in [-0.15, -0.1) is 0 Å². The summed E-state index contributed by atoms with van der Waals surface area (Å²) in [7, 11) is 0. The molecule has 1 atom stereocenters. The van der Waals surface area contributed by atoms with Gasteiger partial charge in [0.2, 0.25) is 0 Å². The molecule has 26 heavy (non-hydrogen) atoms. The number of aliphatic imine (C=N–C) groups is 1. The van der Waals surface area contributed by atoms with E-state index in [1.54, 1.807) is 12.1 Å². The van der Waals surface area contributed by atoms with E-state index in [1.165, 1.54) is 5.56 Å². The standard InChI is InChI=1S/C22H20N2O2/c1-15-8-10-18(11-9-15)22(14-26-21(23)24-22)19-6-2-4-16(12-19)17-5-3-7-20(25)13-17/h2-13,25H,14H2,1H3,(H2,23,24). The van der Waals surface area contributed by atoms with Gasteiger partial charge in [0.05, 0.1) is 0 Å². The predicted octanol–water partition coefficient (Wildman–Crippen LogP) is 3.96. The molecule has 3 aromatic carbocycles. The third kappa shape index (κ3) is 2.80. The zero-order valence-corrected chi connectivity index (χ0v) is 14.5. The van der Waals surface area contributed by atoms with Crippen LogP contribution in [0.2, 0.25) is 0 Å². The average molecular weight is 344 g/mol. The van der Waals surface area contributed by atoms with Crippen molar-refractivity contribution in [3.8, 4) is 16.9 Å². The summed E-state index contributed by atoms with van der Waals surface area (Å²) < 4.78 is 5.56. The highest BCUT2D eigenvalue weighted by molar-refractivity contribution is 5.76. The molecule has 0 spiro atoms. The Morgan fingerprint density at radius 3 is 2.27 bits per heavy atom. The number of hydrogen-bond acceptors (Lipinski definition) is 4. The maximum absolute atomic E-state index is 9.79. The Bertz CT molecular complexity index is 979. The number of aryl methyl sites for hydroxylation is 1. The maximum Gasteiger partial charge on any atom is 0.283 e. The quantitative estimate of drug-likeness (QED) is 0.756. The van der Waals surface area contributed by atoms with Crippen LogP contribution in [0.1, 0.15) is 16.7 Å². The van der Waals surface area contributed by atoms with E-state index in [0.29, 0.717) is 6.61 Å². The van der Waals surface area contributed by atoms with Crippen molar-refractivity contribution in [3.63, 3.8) is 0 Å². The number of hydrogen-bond donors (Lipinski definition) is 2. The smallest absolute Gasteiger partial charge is 0.283 e. The summed E-state index contributed by atoms with van der Waals surface area (Å²) >= 11 is 0. The number of amidine groups is 1. The van der Waals surface area contributed by atoms with Gasteiger partial charge in [0.25, 0.3) is 6.02 Å². The molecular formula is C22H20N2O2. The maximum atomic E-state index is 9.79. The van der Waals surface area contributed by atoms with Crippen molar-refractivity contribution in [2.24, 2.45) is 10.7 Å².